The van der Waals surface area contributed by atoms with E-state index in [1.54, 1.807) is 25.7 Å². The van der Waals surface area contributed by atoms with Crippen molar-refractivity contribution in [2.75, 3.05) is 25.2 Å². The number of aliphatic carboxylic acids is 1. The molecule has 1 amide bonds. The molecular weight excluding hydrogens is 264 g/mol. The summed E-state index contributed by atoms with van der Waals surface area (Å²) in [6.07, 6.45) is 1.93. The van der Waals surface area contributed by atoms with E-state index in [2.05, 4.69) is 5.32 Å². The van der Waals surface area contributed by atoms with Crippen molar-refractivity contribution in [2.45, 2.75) is 17.9 Å². The van der Waals surface area contributed by atoms with Gasteiger partial charge in [-0.25, -0.2) is 0 Å². The predicted octanol–water partition coefficient (Wildman–Crippen LogP) is 1.75. The van der Waals surface area contributed by atoms with Crippen LogP contribution in [0.25, 0.3) is 0 Å². The molecule has 0 spiro atoms. The summed E-state index contributed by atoms with van der Waals surface area (Å²) < 4.78 is 0. The van der Waals surface area contributed by atoms with Crippen LogP contribution in [0.1, 0.15) is 6.92 Å². The number of carbonyl (C=O) groups is 2. The number of thioether (sulfide) groups is 1. The highest BCUT2D eigenvalue weighted by Gasteiger charge is 2.19. The number of nitrogens with one attached hydrogen (secondary N) is 1. The molecule has 0 aliphatic heterocycles. The van der Waals surface area contributed by atoms with Crippen molar-refractivity contribution in [1.29, 1.82) is 0 Å². The van der Waals surface area contributed by atoms with Gasteiger partial charge in [0.2, 0.25) is 5.91 Å². The van der Waals surface area contributed by atoms with Crippen LogP contribution in [-0.4, -0.2) is 47.8 Å². The maximum Gasteiger partial charge on any atom is 0.320 e. The average Bonchev–Trinajstić information content (AvgIpc) is 2.38. The molecule has 0 bridgehead atoms. The summed E-state index contributed by atoms with van der Waals surface area (Å²) in [6.45, 7) is 1.58. The number of hydrogen-bond acceptors (Lipinski definition) is 4. The van der Waals surface area contributed by atoms with Crippen LogP contribution < -0.4 is 5.32 Å². The van der Waals surface area contributed by atoms with Crippen molar-refractivity contribution < 1.29 is 14.7 Å². The van der Waals surface area contributed by atoms with Gasteiger partial charge in [-0.2, -0.15) is 0 Å². The van der Waals surface area contributed by atoms with Crippen LogP contribution >= 0.6 is 11.8 Å². The van der Waals surface area contributed by atoms with Gasteiger partial charge < -0.3 is 10.4 Å². The lowest BCUT2D eigenvalue weighted by atomic mass is 10.3. The van der Waals surface area contributed by atoms with Gasteiger partial charge in [-0.1, -0.05) is 12.1 Å². The number of carbonyl (C=O) groups excluding carboxylic acids is 1. The zero-order valence-electron chi connectivity index (χ0n) is 11.2. The standard InChI is InChI=1S/C13H18N2O3S/c1-9(13(17)18)15(2)8-12(16)14-10-6-4-5-7-11(10)19-3/h4-7,9H,8H2,1-3H3,(H,14,16)(H,17,18). The van der Waals surface area contributed by atoms with Gasteiger partial charge >= 0.3 is 5.97 Å². The normalized spacial score (nSPS) is 12.2. The minimum absolute atomic E-state index is 0.0379. The minimum Gasteiger partial charge on any atom is -0.480 e. The Bertz CT molecular complexity index is 465. The second kappa shape index (κ2) is 7.16. The Labute approximate surface area is 117 Å². The van der Waals surface area contributed by atoms with Crippen LogP contribution in [-0.2, 0) is 9.59 Å². The molecule has 19 heavy (non-hydrogen) atoms. The lowest BCUT2D eigenvalue weighted by molar-refractivity contribution is -0.142. The summed E-state index contributed by atoms with van der Waals surface area (Å²) in [6, 6.07) is 6.80. The van der Waals surface area contributed by atoms with Crippen LogP contribution in [0.3, 0.4) is 0 Å². The molecule has 0 aromatic heterocycles. The van der Waals surface area contributed by atoms with Crippen LogP contribution in [0.2, 0.25) is 0 Å². The van der Waals surface area contributed by atoms with Gasteiger partial charge in [0.15, 0.2) is 0 Å². The Hall–Kier alpha value is -1.53. The molecule has 5 nitrogen and oxygen atoms in total. The zero-order valence-corrected chi connectivity index (χ0v) is 12.0. The quantitative estimate of drug-likeness (QED) is 0.778. The maximum absolute atomic E-state index is 11.9. The fourth-order valence-corrected chi connectivity index (χ4v) is 2.04. The number of benzene rings is 1. The first-order chi connectivity index (χ1) is 8.95. The Morgan fingerprint density at radius 2 is 2.05 bits per heavy atom. The van der Waals surface area contributed by atoms with Crippen molar-refractivity contribution in [3.63, 3.8) is 0 Å². The first kappa shape index (κ1) is 15.5. The predicted molar refractivity (Wildman–Crippen MR) is 76.6 cm³/mol. The van der Waals surface area contributed by atoms with Crippen LogP contribution in [0.4, 0.5) is 5.69 Å². The molecule has 0 aliphatic rings. The van der Waals surface area contributed by atoms with E-state index >= 15 is 0 Å². The van der Waals surface area contributed by atoms with Crippen molar-refractivity contribution in [2.24, 2.45) is 0 Å². The number of carboxylic acids is 1. The summed E-state index contributed by atoms with van der Waals surface area (Å²) in [5, 5.41) is 11.7. The lowest BCUT2D eigenvalue weighted by Crippen LogP contribution is -2.40. The van der Waals surface area contributed by atoms with Crippen LogP contribution in [0.15, 0.2) is 29.2 Å². The third-order valence-electron chi connectivity index (χ3n) is 2.79. The Morgan fingerprint density at radius 3 is 2.63 bits per heavy atom. The number of amides is 1. The molecule has 1 aromatic carbocycles. The van der Waals surface area contributed by atoms with Crippen LogP contribution in [0.5, 0.6) is 0 Å². The summed E-state index contributed by atoms with van der Waals surface area (Å²) in [4.78, 5) is 25.1. The largest absolute Gasteiger partial charge is 0.480 e. The molecule has 1 unspecified atom stereocenters. The van der Waals surface area contributed by atoms with Gasteiger partial charge in [0.05, 0.1) is 12.2 Å². The number of rotatable bonds is 6. The average molecular weight is 282 g/mol. The molecule has 6 heteroatoms. The molecule has 0 saturated carbocycles. The van der Waals surface area contributed by atoms with Gasteiger partial charge in [0, 0.05) is 4.90 Å². The van der Waals surface area contributed by atoms with Gasteiger partial charge in [0.25, 0.3) is 0 Å². The molecular formula is C13H18N2O3S. The van der Waals surface area contributed by atoms with E-state index in [0.717, 1.165) is 10.6 Å². The second-order valence-electron chi connectivity index (χ2n) is 4.18. The highest BCUT2D eigenvalue weighted by Crippen LogP contribution is 2.24. The molecule has 0 radical (unpaired) electrons. The van der Waals surface area contributed by atoms with Gasteiger partial charge in [-0.05, 0) is 32.4 Å². The number of hydrogen-bond donors (Lipinski definition) is 2. The first-order valence-corrected chi connectivity index (χ1v) is 7.04. The Kier molecular flexibility index (Phi) is 5.85. The lowest BCUT2D eigenvalue weighted by Gasteiger charge is -2.20. The highest BCUT2D eigenvalue weighted by atomic mass is 32.2. The monoisotopic (exact) mass is 282 g/mol. The molecule has 104 valence electrons. The van der Waals surface area contributed by atoms with Crippen molar-refractivity contribution >= 4 is 29.3 Å². The number of carboxylic acid groups (broad SMARTS) is 1. The van der Waals surface area contributed by atoms with E-state index in [0.29, 0.717) is 0 Å². The first-order valence-electron chi connectivity index (χ1n) is 5.81. The van der Waals surface area contributed by atoms with E-state index in [9.17, 15) is 9.59 Å². The number of likely N-dealkylation sites (N-methyl/N-ethyl adjacent to an activating group) is 1. The summed E-state index contributed by atoms with van der Waals surface area (Å²) >= 11 is 1.55. The number of nitrogens with zero attached hydrogens (tertiary/aromatic N) is 1. The van der Waals surface area contributed by atoms with E-state index in [-0.39, 0.29) is 12.5 Å². The molecule has 1 atom stereocenters. The third-order valence-corrected chi connectivity index (χ3v) is 3.59. The summed E-state index contributed by atoms with van der Waals surface area (Å²) in [5.41, 5.74) is 0.747. The smallest absolute Gasteiger partial charge is 0.320 e. The van der Waals surface area contributed by atoms with E-state index in [1.807, 2.05) is 30.5 Å². The van der Waals surface area contributed by atoms with Gasteiger partial charge in [-0.3, -0.25) is 14.5 Å². The van der Waals surface area contributed by atoms with Crippen molar-refractivity contribution in [3.8, 4) is 0 Å². The fraction of sp³-hybridized carbons (Fsp3) is 0.385. The topological polar surface area (TPSA) is 69.6 Å². The number of para-hydroxylation sites is 1. The van der Waals surface area contributed by atoms with Gasteiger partial charge in [-0.15, -0.1) is 11.8 Å². The van der Waals surface area contributed by atoms with Gasteiger partial charge in [0.1, 0.15) is 6.04 Å². The van der Waals surface area contributed by atoms with Crippen molar-refractivity contribution in [3.05, 3.63) is 24.3 Å². The van der Waals surface area contributed by atoms with E-state index in [4.69, 9.17) is 5.11 Å². The second-order valence-corrected chi connectivity index (χ2v) is 5.03. The SMILES string of the molecule is CSc1ccccc1NC(=O)CN(C)C(C)C(=O)O. The zero-order chi connectivity index (χ0) is 14.4. The number of anilines is 1. The van der Waals surface area contributed by atoms with Crippen LogP contribution in [0, 0.1) is 0 Å². The minimum atomic E-state index is -0.945. The highest BCUT2D eigenvalue weighted by molar-refractivity contribution is 7.98. The maximum atomic E-state index is 11.9. The van der Waals surface area contributed by atoms with E-state index in [1.165, 1.54) is 4.90 Å². The third kappa shape index (κ3) is 4.57. The fourth-order valence-electron chi connectivity index (χ4n) is 1.49. The molecule has 2 N–H and O–H groups in total. The molecule has 0 saturated heterocycles. The van der Waals surface area contributed by atoms with E-state index < -0.39 is 12.0 Å². The van der Waals surface area contributed by atoms with Crippen molar-refractivity contribution in [1.82, 2.24) is 4.90 Å². The molecule has 1 rings (SSSR count). The Balaban J connectivity index is 2.63. The molecule has 1 aromatic rings. The molecule has 0 aliphatic carbocycles. The molecule has 0 fully saturated rings. The molecule has 0 heterocycles. The Morgan fingerprint density at radius 1 is 1.42 bits per heavy atom. The summed E-state index contributed by atoms with van der Waals surface area (Å²) in [7, 11) is 1.61. The summed E-state index contributed by atoms with van der Waals surface area (Å²) in [5.74, 6) is -1.17.